The minimum absolute atomic E-state index is 0.181. The van der Waals surface area contributed by atoms with Crippen LogP contribution in [-0.2, 0) is 11.3 Å². The van der Waals surface area contributed by atoms with Crippen molar-refractivity contribution in [1.82, 2.24) is 9.88 Å². The first-order valence-electron chi connectivity index (χ1n) is 13.9. The van der Waals surface area contributed by atoms with Crippen molar-refractivity contribution in [1.29, 1.82) is 0 Å². The number of nitrogens with zero attached hydrogens (tertiary/aromatic N) is 1. The third-order valence-electron chi connectivity index (χ3n) is 7.13. The number of carbonyl (C=O) groups is 1. The molecule has 37 heavy (non-hydrogen) atoms. The van der Waals surface area contributed by atoms with Crippen LogP contribution in [0.25, 0.3) is 22.2 Å². The number of aromatic nitrogens is 1. The van der Waals surface area contributed by atoms with Crippen molar-refractivity contribution in [3.63, 3.8) is 0 Å². The van der Waals surface area contributed by atoms with E-state index in [1.54, 1.807) is 7.11 Å². The van der Waals surface area contributed by atoms with Gasteiger partial charge in [0.25, 0.3) is 0 Å². The van der Waals surface area contributed by atoms with Crippen LogP contribution in [0, 0.1) is 6.92 Å². The summed E-state index contributed by atoms with van der Waals surface area (Å²) in [4.78, 5) is 13.2. The van der Waals surface area contributed by atoms with Gasteiger partial charge in [0, 0.05) is 34.8 Å². The van der Waals surface area contributed by atoms with Crippen molar-refractivity contribution >= 4 is 28.6 Å². The van der Waals surface area contributed by atoms with Crippen LogP contribution in [0.3, 0.4) is 0 Å². The first-order chi connectivity index (χ1) is 17.8. The van der Waals surface area contributed by atoms with Gasteiger partial charge < -0.3 is 14.6 Å². The fraction of sp³-hybridized carbons (Fsp3) is 0.531. The van der Waals surface area contributed by atoms with Crippen LogP contribution in [-0.4, -0.2) is 29.9 Å². The average Bonchev–Trinajstić information content (AvgIpc) is 3.15. The molecule has 2 aromatic carbocycles. The van der Waals surface area contributed by atoms with Crippen LogP contribution in [0.5, 0.6) is 5.75 Å². The quantitative estimate of drug-likeness (QED) is 0.170. The smallest absolute Gasteiger partial charge is 0.220 e. The zero-order valence-electron chi connectivity index (χ0n) is 23.9. The van der Waals surface area contributed by atoms with E-state index in [0.717, 1.165) is 31.6 Å². The minimum atomic E-state index is 0.181. The summed E-state index contributed by atoms with van der Waals surface area (Å²) in [5.74, 6) is 1.57. The topological polar surface area (TPSA) is 43.3 Å². The van der Waals surface area contributed by atoms with Crippen LogP contribution >= 0.6 is 11.8 Å². The molecule has 0 aliphatic heterocycles. The molecule has 0 atom stereocenters. The lowest BCUT2D eigenvalue weighted by molar-refractivity contribution is -0.121. The van der Waals surface area contributed by atoms with Crippen molar-refractivity contribution in [2.24, 2.45) is 0 Å². The molecule has 0 saturated heterocycles. The highest BCUT2D eigenvalue weighted by molar-refractivity contribution is 7.98. The van der Waals surface area contributed by atoms with Crippen LogP contribution in [0.4, 0.5) is 0 Å². The summed E-state index contributed by atoms with van der Waals surface area (Å²) < 4.78 is 8.08. The van der Waals surface area contributed by atoms with Gasteiger partial charge in [-0.05, 0) is 92.8 Å². The minimum Gasteiger partial charge on any atom is -0.497 e. The highest BCUT2D eigenvalue weighted by Crippen LogP contribution is 2.38. The Morgan fingerprint density at radius 1 is 0.973 bits per heavy atom. The van der Waals surface area contributed by atoms with Gasteiger partial charge in [0.15, 0.2) is 0 Å². The van der Waals surface area contributed by atoms with Crippen molar-refractivity contribution < 1.29 is 9.53 Å². The summed E-state index contributed by atoms with van der Waals surface area (Å²) >= 11 is 1.83. The lowest BCUT2D eigenvalue weighted by Crippen LogP contribution is -2.29. The predicted octanol–water partition coefficient (Wildman–Crippen LogP) is 8.73. The summed E-state index contributed by atoms with van der Waals surface area (Å²) in [7, 11) is 1.74. The molecule has 0 aliphatic carbocycles. The number of hydrogen-bond donors (Lipinski definition) is 1. The number of ether oxygens (including phenoxy) is 1. The Labute approximate surface area is 228 Å². The zero-order valence-corrected chi connectivity index (χ0v) is 24.8. The number of amides is 1. The molecular formula is C32H46N2O2S. The maximum absolute atomic E-state index is 11.8. The van der Waals surface area contributed by atoms with Crippen LogP contribution in [0.2, 0.25) is 0 Å². The largest absolute Gasteiger partial charge is 0.497 e. The standard InChI is InChI=1S/C32H46N2O2S/c1-22(2)27-20-25(15-18-30(27)37-7)32-24(5)28-21-26(36-6)16-17-29(28)34(32)19-13-11-9-8-10-12-14-31(35)33-23(3)4/h15-18,20-23H,8-14,19H2,1-7H3,(H,33,35). The first kappa shape index (κ1) is 29.2. The molecule has 3 rings (SSSR count). The molecule has 0 aliphatic rings. The SMILES string of the molecule is COc1ccc2c(c1)c(C)c(-c1ccc(SC)c(C(C)C)c1)n2CCCCCCCCC(=O)NC(C)C. The molecule has 5 heteroatoms. The Morgan fingerprint density at radius 3 is 2.32 bits per heavy atom. The molecule has 1 N–H and O–H groups in total. The number of thioether (sulfide) groups is 1. The molecule has 1 aromatic heterocycles. The molecule has 0 radical (unpaired) electrons. The van der Waals surface area contributed by atoms with Gasteiger partial charge in [-0.15, -0.1) is 11.8 Å². The van der Waals surface area contributed by atoms with Gasteiger partial charge in [0.2, 0.25) is 5.91 Å². The first-order valence-corrected chi connectivity index (χ1v) is 15.1. The Kier molecular flexibility index (Phi) is 11.0. The van der Waals surface area contributed by atoms with Crippen molar-refractivity contribution in [3.8, 4) is 17.0 Å². The average molecular weight is 523 g/mol. The normalized spacial score (nSPS) is 11.6. The molecule has 3 aromatic rings. The second-order valence-electron chi connectivity index (χ2n) is 10.7. The summed E-state index contributed by atoms with van der Waals surface area (Å²) in [5.41, 5.74) is 6.65. The maximum Gasteiger partial charge on any atom is 0.220 e. The Balaban J connectivity index is 1.74. The van der Waals surface area contributed by atoms with E-state index in [2.05, 4.69) is 73.3 Å². The number of benzene rings is 2. The molecule has 4 nitrogen and oxygen atoms in total. The third kappa shape index (κ3) is 7.56. The molecule has 1 heterocycles. The van der Waals surface area contributed by atoms with E-state index in [1.165, 1.54) is 57.4 Å². The highest BCUT2D eigenvalue weighted by atomic mass is 32.2. The van der Waals surface area contributed by atoms with E-state index in [-0.39, 0.29) is 11.9 Å². The fourth-order valence-electron chi connectivity index (χ4n) is 5.22. The van der Waals surface area contributed by atoms with Gasteiger partial charge in [-0.2, -0.15) is 0 Å². The molecule has 0 unspecified atom stereocenters. The van der Waals surface area contributed by atoms with Crippen molar-refractivity contribution in [3.05, 3.63) is 47.5 Å². The summed E-state index contributed by atoms with van der Waals surface area (Å²) in [6.45, 7) is 11.8. The highest BCUT2D eigenvalue weighted by Gasteiger charge is 2.18. The number of carbonyl (C=O) groups excluding carboxylic acids is 1. The number of nitrogens with one attached hydrogen (secondary N) is 1. The lowest BCUT2D eigenvalue weighted by atomic mass is 9.98. The molecule has 0 fully saturated rings. The van der Waals surface area contributed by atoms with Crippen molar-refractivity contribution in [2.45, 2.75) is 103 Å². The van der Waals surface area contributed by atoms with Crippen molar-refractivity contribution in [2.75, 3.05) is 13.4 Å². The Hall–Kier alpha value is -2.40. The van der Waals surface area contributed by atoms with E-state index in [0.29, 0.717) is 12.3 Å². The fourth-order valence-corrected chi connectivity index (χ4v) is 5.96. The van der Waals surface area contributed by atoms with E-state index >= 15 is 0 Å². The number of methoxy groups -OCH3 is 1. The molecule has 1 amide bonds. The monoisotopic (exact) mass is 522 g/mol. The molecule has 0 spiro atoms. The van der Waals surface area contributed by atoms with Gasteiger partial charge >= 0.3 is 0 Å². The van der Waals surface area contributed by atoms with Gasteiger partial charge in [0.05, 0.1) is 12.8 Å². The summed E-state index contributed by atoms with van der Waals surface area (Å²) in [6.07, 6.45) is 9.68. The second kappa shape index (κ2) is 13.9. The third-order valence-corrected chi connectivity index (χ3v) is 7.95. The van der Waals surface area contributed by atoms with Crippen LogP contribution < -0.4 is 10.1 Å². The van der Waals surface area contributed by atoms with Gasteiger partial charge in [-0.25, -0.2) is 0 Å². The van der Waals surface area contributed by atoms with Gasteiger partial charge in [0.1, 0.15) is 5.75 Å². The summed E-state index contributed by atoms with van der Waals surface area (Å²) in [6, 6.07) is 13.7. The maximum atomic E-state index is 11.8. The van der Waals surface area contributed by atoms with E-state index in [9.17, 15) is 4.79 Å². The number of fused-ring (bicyclic) bond motifs is 1. The van der Waals surface area contributed by atoms with E-state index in [1.807, 2.05) is 25.6 Å². The molecule has 0 saturated carbocycles. The second-order valence-corrected chi connectivity index (χ2v) is 11.6. The number of aryl methyl sites for hydroxylation is 2. The molecule has 202 valence electrons. The number of hydrogen-bond acceptors (Lipinski definition) is 3. The van der Waals surface area contributed by atoms with Crippen LogP contribution in [0.1, 0.15) is 89.7 Å². The zero-order chi connectivity index (χ0) is 26.9. The van der Waals surface area contributed by atoms with Gasteiger partial charge in [-0.3, -0.25) is 4.79 Å². The molecule has 0 bridgehead atoms. The number of unbranched alkanes of at least 4 members (excludes halogenated alkanes) is 5. The van der Waals surface area contributed by atoms with E-state index < -0.39 is 0 Å². The summed E-state index contributed by atoms with van der Waals surface area (Å²) in [5, 5.41) is 4.25. The van der Waals surface area contributed by atoms with Gasteiger partial charge in [-0.1, -0.05) is 45.6 Å². The van der Waals surface area contributed by atoms with Crippen LogP contribution in [0.15, 0.2) is 41.3 Å². The Morgan fingerprint density at radius 2 is 1.68 bits per heavy atom. The Bertz CT molecular complexity index is 1180. The molecular weight excluding hydrogens is 476 g/mol. The van der Waals surface area contributed by atoms with E-state index in [4.69, 9.17) is 4.74 Å². The predicted molar refractivity (Wildman–Crippen MR) is 160 cm³/mol. The number of rotatable bonds is 14. The lowest BCUT2D eigenvalue weighted by Gasteiger charge is -2.16.